The van der Waals surface area contributed by atoms with Crippen LogP contribution < -0.4 is 9.80 Å². The molecule has 2 aliphatic heterocycles. The van der Waals surface area contributed by atoms with Crippen molar-refractivity contribution < 1.29 is 4.79 Å². The van der Waals surface area contributed by atoms with E-state index >= 15 is 0 Å². The second kappa shape index (κ2) is 6.59. The van der Waals surface area contributed by atoms with E-state index in [0.717, 1.165) is 49.9 Å². The summed E-state index contributed by atoms with van der Waals surface area (Å²) in [6, 6.07) is 2.30. The maximum atomic E-state index is 12.2. The lowest BCUT2D eigenvalue weighted by atomic mass is 10.2. The van der Waals surface area contributed by atoms with Crippen LogP contribution in [-0.4, -0.2) is 63.9 Å². The molecule has 8 heteroatoms. The molecule has 8 nitrogen and oxygen atoms in total. The third-order valence-corrected chi connectivity index (χ3v) is 5.15. The molecule has 0 bridgehead atoms. The monoisotopic (exact) mass is 355 g/mol. The van der Waals surface area contributed by atoms with Crippen LogP contribution in [0, 0.1) is 0 Å². The van der Waals surface area contributed by atoms with E-state index in [1.165, 1.54) is 0 Å². The van der Waals surface area contributed by atoms with Gasteiger partial charge < -0.3 is 9.80 Å². The highest BCUT2D eigenvalue weighted by molar-refractivity contribution is 5.93. The maximum Gasteiger partial charge on any atom is 0.324 e. The summed E-state index contributed by atoms with van der Waals surface area (Å²) in [7, 11) is 1.83. The molecule has 2 aliphatic rings. The Labute approximate surface area is 153 Å². The number of carbonyl (C=O) groups is 1. The smallest absolute Gasteiger partial charge is 0.324 e. The van der Waals surface area contributed by atoms with Crippen molar-refractivity contribution >= 4 is 17.5 Å². The second-order valence-electron chi connectivity index (χ2n) is 7.35. The number of amides is 2. The quantitative estimate of drug-likeness (QED) is 0.840. The molecule has 0 saturated carbocycles. The molecule has 1 unspecified atom stereocenters. The lowest BCUT2D eigenvalue weighted by molar-refractivity contribution is 0.229. The van der Waals surface area contributed by atoms with Crippen molar-refractivity contribution in [1.29, 1.82) is 0 Å². The van der Waals surface area contributed by atoms with E-state index in [1.807, 2.05) is 30.2 Å². The molecule has 26 heavy (non-hydrogen) atoms. The summed E-state index contributed by atoms with van der Waals surface area (Å²) in [5.41, 5.74) is 0.877. The highest BCUT2D eigenvalue weighted by Gasteiger charge is 2.30. The SMILES string of the molecule is CC(C)c1nccc(N2CCC(n3cc(N4CCN(C)C4=O)cn3)C2)n1. The van der Waals surface area contributed by atoms with Crippen LogP contribution in [0.4, 0.5) is 16.3 Å². The van der Waals surface area contributed by atoms with Gasteiger partial charge in [0.1, 0.15) is 11.6 Å². The lowest BCUT2D eigenvalue weighted by Gasteiger charge is -2.18. The Morgan fingerprint density at radius 2 is 2.08 bits per heavy atom. The summed E-state index contributed by atoms with van der Waals surface area (Å²) in [6.07, 6.45) is 6.63. The fourth-order valence-corrected chi connectivity index (χ4v) is 3.54. The number of rotatable bonds is 4. The van der Waals surface area contributed by atoms with Crippen LogP contribution in [0.2, 0.25) is 0 Å². The van der Waals surface area contributed by atoms with Crippen molar-refractivity contribution in [3.8, 4) is 0 Å². The summed E-state index contributed by atoms with van der Waals surface area (Å²) in [6.45, 7) is 7.50. The first-order chi connectivity index (χ1) is 12.5. The van der Waals surface area contributed by atoms with E-state index in [4.69, 9.17) is 4.98 Å². The molecule has 2 amide bonds. The Bertz CT molecular complexity index is 802. The van der Waals surface area contributed by atoms with Gasteiger partial charge >= 0.3 is 6.03 Å². The number of hydrogen-bond acceptors (Lipinski definition) is 5. The molecule has 2 fully saturated rings. The normalized spacial score (nSPS) is 20.7. The molecule has 2 aromatic heterocycles. The van der Waals surface area contributed by atoms with E-state index in [9.17, 15) is 4.79 Å². The number of carbonyl (C=O) groups excluding carboxylic acids is 1. The van der Waals surface area contributed by atoms with Gasteiger partial charge in [-0.05, 0) is 12.5 Å². The molecular formula is C18H25N7O. The summed E-state index contributed by atoms with van der Waals surface area (Å²) in [5.74, 6) is 2.18. The Morgan fingerprint density at radius 1 is 1.23 bits per heavy atom. The highest BCUT2D eigenvalue weighted by Crippen LogP contribution is 2.28. The number of urea groups is 1. The van der Waals surface area contributed by atoms with Gasteiger partial charge in [-0.25, -0.2) is 14.8 Å². The van der Waals surface area contributed by atoms with Gasteiger partial charge in [0, 0.05) is 51.5 Å². The molecule has 2 aromatic rings. The number of aromatic nitrogens is 4. The third-order valence-electron chi connectivity index (χ3n) is 5.15. The zero-order valence-corrected chi connectivity index (χ0v) is 15.5. The molecule has 0 aromatic carbocycles. The summed E-state index contributed by atoms with van der Waals surface area (Å²) in [5, 5.41) is 4.52. The third kappa shape index (κ3) is 3.00. The number of likely N-dealkylation sites (N-methyl/N-ethyl adjacent to an activating group) is 1. The largest absolute Gasteiger partial charge is 0.354 e. The number of anilines is 2. The highest BCUT2D eigenvalue weighted by atomic mass is 16.2. The molecule has 0 radical (unpaired) electrons. The Balaban J connectivity index is 1.46. The predicted molar refractivity (Wildman–Crippen MR) is 99.6 cm³/mol. The van der Waals surface area contributed by atoms with Gasteiger partial charge in [0.25, 0.3) is 0 Å². The number of nitrogens with zero attached hydrogens (tertiary/aromatic N) is 7. The summed E-state index contributed by atoms with van der Waals surface area (Å²) >= 11 is 0. The Kier molecular flexibility index (Phi) is 4.26. The zero-order chi connectivity index (χ0) is 18.3. The molecule has 0 N–H and O–H groups in total. The van der Waals surface area contributed by atoms with Gasteiger partial charge in [0.2, 0.25) is 0 Å². The molecule has 138 valence electrons. The Morgan fingerprint density at radius 3 is 2.81 bits per heavy atom. The van der Waals surface area contributed by atoms with E-state index in [2.05, 4.69) is 28.8 Å². The van der Waals surface area contributed by atoms with E-state index in [1.54, 1.807) is 16.0 Å². The van der Waals surface area contributed by atoms with Crippen LogP contribution in [0.15, 0.2) is 24.7 Å². The van der Waals surface area contributed by atoms with Crippen molar-refractivity contribution in [2.75, 3.05) is 43.0 Å². The van der Waals surface area contributed by atoms with Crippen LogP contribution in [-0.2, 0) is 0 Å². The molecule has 4 heterocycles. The standard InChI is InChI=1S/C18H25N7O/c1-13(2)17-19-6-4-16(21-17)23-7-5-14(11-23)25-12-15(10-20-25)24-9-8-22(3)18(24)26/h4,6,10,12-14H,5,7-9,11H2,1-3H3. The van der Waals surface area contributed by atoms with Crippen LogP contribution >= 0.6 is 0 Å². The van der Waals surface area contributed by atoms with Crippen molar-refractivity contribution in [3.63, 3.8) is 0 Å². The van der Waals surface area contributed by atoms with Crippen LogP contribution in [0.3, 0.4) is 0 Å². The first-order valence-electron chi connectivity index (χ1n) is 9.17. The van der Waals surface area contributed by atoms with Gasteiger partial charge in [-0.1, -0.05) is 13.8 Å². The minimum absolute atomic E-state index is 0.0415. The summed E-state index contributed by atoms with van der Waals surface area (Å²) < 4.78 is 1.99. The first kappa shape index (κ1) is 16.8. The number of hydrogen-bond donors (Lipinski definition) is 0. The lowest BCUT2D eigenvalue weighted by Crippen LogP contribution is -2.28. The van der Waals surface area contributed by atoms with Crippen LogP contribution in [0.1, 0.15) is 38.1 Å². The van der Waals surface area contributed by atoms with E-state index in [-0.39, 0.29) is 12.1 Å². The van der Waals surface area contributed by atoms with Gasteiger partial charge in [-0.15, -0.1) is 0 Å². The minimum Gasteiger partial charge on any atom is -0.354 e. The minimum atomic E-state index is 0.0415. The van der Waals surface area contributed by atoms with E-state index < -0.39 is 0 Å². The maximum absolute atomic E-state index is 12.2. The van der Waals surface area contributed by atoms with Crippen molar-refractivity contribution in [2.24, 2.45) is 0 Å². The molecule has 0 aliphatic carbocycles. The summed E-state index contributed by atoms with van der Waals surface area (Å²) in [4.78, 5) is 27.0. The average molecular weight is 355 g/mol. The van der Waals surface area contributed by atoms with Crippen LogP contribution in [0.25, 0.3) is 0 Å². The van der Waals surface area contributed by atoms with Gasteiger partial charge in [-0.2, -0.15) is 5.10 Å². The molecular weight excluding hydrogens is 330 g/mol. The van der Waals surface area contributed by atoms with Crippen molar-refractivity contribution in [3.05, 3.63) is 30.5 Å². The molecule has 4 rings (SSSR count). The van der Waals surface area contributed by atoms with Gasteiger partial charge in [-0.3, -0.25) is 9.58 Å². The molecule has 0 spiro atoms. The van der Waals surface area contributed by atoms with Crippen LogP contribution in [0.5, 0.6) is 0 Å². The predicted octanol–water partition coefficient (Wildman–Crippen LogP) is 2.12. The van der Waals surface area contributed by atoms with E-state index in [0.29, 0.717) is 5.92 Å². The fourth-order valence-electron chi connectivity index (χ4n) is 3.54. The second-order valence-corrected chi connectivity index (χ2v) is 7.35. The van der Waals surface area contributed by atoms with Crippen molar-refractivity contribution in [1.82, 2.24) is 24.6 Å². The zero-order valence-electron chi connectivity index (χ0n) is 15.5. The molecule has 1 atom stereocenters. The average Bonchev–Trinajstić information content (AvgIpc) is 3.36. The Hall–Kier alpha value is -2.64. The first-order valence-corrected chi connectivity index (χ1v) is 9.17. The topological polar surface area (TPSA) is 70.4 Å². The van der Waals surface area contributed by atoms with Gasteiger partial charge in [0.05, 0.1) is 17.9 Å². The van der Waals surface area contributed by atoms with Gasteiger partial charge in [0.15, 0.2) is 0 Å². The fraction of sp³-hybridized carbons (Fsp3) is 0.556. The van der Waals surface area contributed by atoms with Crippen molar-refractivity contribution in [2.45, 2.75) is 32.2 Å². The molecule has 2 saturated heterocycles.